The third-order valence-electron chi connectivity index (χ3n) is 5.25. The van der Waals surface area contributed by atoms with Gasteiger partial charge >= 0.3 is 12.0 Å². The molecule has 8 heteroatoms. The lowest BCUT2D eigenvalue weighted by molar-refractivity contribution is -0.146. The minimum atomic E-state index is -1.27. The van der Waals surface area contributed by atoms with Crippen LogP contribution in [0.2, 0.25) is 5.02 Å². The Kier molecular flexibility index (Phi) is 5.09. The van der Waals surface area contributed by atoms with Gasteiger partial charge in [-0.25, -0.2) is 9.59 Å². The summed E-state index contributed by atoms with van der Waals surface area (Å²) in [5, 5.41) is 15.3. The van der Waals surface area contributed by atoms with E-state index in [2.05, 4.69) is 17.6 Å². The van der Waals surface area contributed by atoms with Gasteiger partial charge in [0.15, 0.2) is 0 Å². The van der Waals surface area contributed by atoms with Crippen molar-refractivity contribution in [2.75, 3.05) is 18.0 Å². The predicted octanol–water partition coefficient (Wildman–Crippen LogP) is 2.63. The number of nitrogens with zero attached hydrogens (tertiary/aromatic N) is 1. The van der Waals surface area contributed by atoms with E-state index in [9.17, 15) is 19.5 Å². The van der Waals surface area contributed by atoms with Crippen LogP contribution in [0.15, 0.2) is 18.2 Å². The summed E-state index contributed by atoms with van der Waals surface area (Å²) in [6.07, 6.45) is 2.27. The molecule has 1 aromatic carbocycles. The minimum Gasteiger partial charge on any atom is -0.480 e. The quantitative estimate of drug-likeness (QED) is 0.748. The Labute approximate surface area is 156 Å². The van der Waals surface area contributed by atoms with E-state index in [0.717, 1.165) is 12.8 Å². The van der Waals surface area contributed by atoms with Crippen LogP contribution in [0.1, 0.15) is 43.0 Å². The maximum Gasteiger partial charge on any atom is 0.329 e. The molecule has 7 nitrogen and oxygen atoms in total. The highest BCUT2D eigenvalue weighted by molar-refractivity contribution is 6.34. The topological polar surface area (TPSA) is 98.7 Å². The van der Waals surface area contributed by atoms with Crippen molar-refractivity contribution in [3.63, 3.8) is 0 Å². The lowest BCUT2D eigenvalue weighted by Crippen LogP contribution is -2.56. The zero-order chi connectivity index (χ0) is 18.9. The Hall–Kier alpha value is -2.28. The molecule has 1 saturated heterocycles. The number of carbonyl (C=O) groups is 3. The van der Waals surface area contributed by atoms with Crippen LogP contribution in [0.4, 0.5) is 10.5 Å². The number of hydrogen-bond acceptors (Lipinski definition) is 3. The zero-order valence-electron chi connectivity index (χ0n) is 14.5. The highest BCUT2D eigenvalue weighted by atomic mass is 35.5. The van der Waals surface area contributed by atoms with Crippen LogP contribution in [0.3, 0.4) is 0 Å². The second kappa shape index (κ2) is 7.15. The molecule has 1 aliphatic heterocycles. The van der Waals surface area contributed by atoms with Gasteiger partial charge in [0.05, 0.1) is 10.6 Å². The number of carboxylic acids is 1. The smallest absolute Gasteiger partial charge is 0.329 e. The van der Waals surface area contributed by atoms with Gasteiger partial charge in [0.25, 0.3) is 5.91 Å². The largest absolute Gasteiger partial charge is 0.480 e. The summed E-state index contributed by atoms with van der Waals surface area (Å²) in [5.41, 5.74) is -0.548. The van der Waals surface area contributed by atoms with Crippen LogP contribution < -0.4 is 15.5 Å². The zero-order valence-corrected chi connectivity index (χ0v) is 15.3. The van der Waals surface area contributed by atoms with Gasteiger partial charge in [0.1, 0.15) is 5.54 Å². The number of rotatable bonds is 4. The number of carboxylic acid groups (broad SMARTS) is 1. The third-order valence-corrected chi connectivity index (χ3v) is 5.58. The third kappa shape index (κ3) is 3.49. The van der Waals surface area contributed by atoms with E-state index in [4.69, 9.17) is 11.6 Å². The van der Waals surface area contributed by atoms with Crippen LogP contribution in [0, 0.1) is 5.92 Å². The Bertz CT molecular complexity index is 744. The van der Waals surface area contributed by atoms with Crippen molar-refractivity contribution in [2.45, 2.75) is 38.1 Å². The Morgan fingerprint density at radius 3 is 2.62 bits per heavy atom. The summed E-state index contributed by atoms with van der Waals surface area (Å²) in [7, 11) is 0. The fraction of sp³-hybridized carbons (Fsp3) is 0.500. The molecule has 3 amide bonds. The van der Waals surface area contributed by atoms with Crippen molar-refractivity contribution >= 4 is 35.2 Å². The SMILES string of the molecule is CC1CCC(NC(=O)c2cc(N3CCNC3=O)ccc2Cl)(C(=O)O)CC1. The van der Waals surface area contributed by atoms with Crippen LogP contribution in [0.5, 0.6) is 0 Å². The first-order valence-corrected chi connectivity index (χ1v) is 9.11. The summed E-state index contributed by atoms with van der Waals surface area (Å²) >= 11 is 6.17. The van der Waals surface area contributed by atoms with E-state index in [0.29, 0.717) is 37.5 Å². The number of anilines is 1. The molecule has 1 aliphatic carbocycles. The number of amides is 3. The van der Waals surface area contributed by atoms with Crippen LogP contribution in [0.25, 0.3) is 0 Å². The van der Waals surface area contributed by atoms with Crippen molar-refractivity contribution < 1.29 is 19.5 Å². The molecule has 0 bridgehead atoms. The number of aliphatic carboxylic acids is 1. The van der Waals surface area contributed by atoms with E-state index in [1.807, 2.05) is 0 Å². The van der Waals surface area contributed by atoms with Crippen molar-refractivity contribution in [2.24, 2.45) is 5.92 Å². The molecule has 2 fully saturated rings. The Morgan fingerprint density at radius 2 is 2.04 bits per heavy atom. The summed E-state index contributed by atoms with van der Waals surface area (Å²) < 4.78 is 0. The number of halogens is 1. The van der Waals surface area contributed by atoms with Gasteiger partial charge in [-0.15, -0.1) is 0 Å². The minimum absolute atomic E-state index is 0.170. The molecule has 0 aromatic heterocycles. The number of nitrogens with one attached hydrogen (secondary N) is 2. The molecule has 1 aromatic rings. The van der Waals surface area contributed by atoms with Crippen molar-refractivity contribution in [1.82, 2.24) is 10.6 Å². The molecule has 140 valence electrons. The number of benzene rings is 1. The first kappa shape index (κ1) is 18.5. The molecule has 0 atom stereocenters. The maximum absolute atomic E-state index is 12.8. The van der Waals surface area contributed by atoms with E-state index in [1.165, 1.54) is 11.0 Å². The molecule has 2 aliphatic rings. The van der Waals surface area contributed by atoms with Gasteiger partial charge in [0, 0.05) is 18.8 Å². The first-order valence-electron chi connectivity index (χ1n) is 8.73. The Balaban J connectivity index is 1.84. The molecule has 3 rings (SSSR count). The van der Waals surface area contributed by atoms with Crippen LogP contribution >= 0.6 is 11.6 Å². The molecule has 0 spiro atoms. The molecular formula is C18H22ClN3O4. The Morgan fingerprint density at radius 1 is 1.35 bits per heavy atom. The first-order chi connectivity index (χ1) is 12.3. The second-order valence-electron chi connectivity index (χ2n) is 7.07. The summed E-state index contributed by atoms with van der Waals surface area (Å²) in [6, 6.07) is 4.51. The molecule has 3 N–H and O–H groups in total. The van der Waals surface area contributed by atoms with E-state index in [1.54, 1.807) is 12.1 Å². The average Bonchev–Trinajstić information content (AvgIpc) is 3.03. The molecular weight excluding hydrogens is 358 g/mol. The van der Waals surface area contributed by atoms with Crippen LogP contribution in [-0.2, 0) is 4.79 Å². The monoisotopic (exact) mass is 379 g/mol. The second-order valence-corrected chi connectivity index (χ2v) is 7.48. The van der Waals surface area contributed by atoms with Crippen molar-refractivity contribution in [1.29, 1.82) is 0 Å². The fourth-order valence-electron chi connectivity index (χ4n) is 3.51. The number of hydrogen-bond donors (Lipinski definition) is 3. The van der Waals surface area contributed by atoms with Gasteiger partial charge in [-0.05, 0) is 49.8 Å². The van der Waals surface area contributed by atoms with Gasteiger partial charge in [-0.1, -0.05) is 18.5 Å². The molecule has 0 unspecified atom stereocenters. The lowest BCUT2D eigenvalue weighted by Gasteiger charge is -2.36. The summed E-state index contributed by atoms with van der Waals surface area (Å²) in [5.74, 6) is -1.11. The fourth-order valence-corrected chi connectivity index (χ4v) is 3.71. The van der Waals surface area contributed by atoms with Crippen molar-refractivity contribution in [3.8, 4) is 0 Å². The molecule has 26 heavy (non-hydrogen) atoms. The van der Waals surface area contributed by atoms with E-state index >= 15 is 0 Å². The highest BCUT2D eigenvalue weighted by Crippen LogP contribution is 2.33. The van der Waals surface area contributed by atoms with Crippen LogP contribution in [-0.4, -0.2) is 41.6 Å². The predicted molar refractivity (Wildman–Crippen MR) is 97.7 cm³/mol. The average molecular weight is 380 g/mol. The van der Waals surface area contributed by atoms with Gasteiger partial charge in [-0.3, -0.25) is 9.69 Å². The van der Waals surface area contributed by atoms with Gasteiger partial charge in [-0.2, -0.15) is 0 Å². The number of urea groups is 1. The molecule has 1 saturated carbocycles. The van der Waals surface area contributed by atoms with Crippen molar-refractivity contribution in [3.05, 3.63) is 28.8 Å². The molecule has 0 radical (unpaired) electrons. The lowest BCUT2D eigenvalue weighted by atomic mass is 9.77. The van der Waals surface area contributed by atoms with E-state index < -0.39 is 17.4 Å². The normalized spacial score (nSPS) is 25.7. The van der Waals surface area contributed by atoms with Gasteiger partial charge < -0.3 is 15.7 Å². The maximum atomic E-state index is 12.8. The number of carbonyl (C=O) groups excluding carboxylic acids is 2. The summed E-state index contributed by atoms with van der Waals surface area (Å²) in [6.45, 7) is 3.11. The highest BCUT2D eigenvalue weighted by Gasteiger charge is 2.42. The summed E-state index contributed by atoms with van der Waals surface area (Å²) in [4.78, 5) is 38.0. The van der Waals surface area contributed by atoms with Gasteiger partial charge in [0.2, 0.25) is 0 Å². The van der Waals surface area contributed by atoms with E-state index in [-0.39, 0.29) is 16.6 Å². The molecule has 1 heterocycles. The standard InChI is InChI=1S/C18H22ClN3O4/c1-11-4-6-18(7-5-11,16(24)25)21-15(23)13-10-12(2-3-14(13)19)22-9-8-20-17(22)26/h2-3,10-11H,4-9H2,1H3,(H,20,26)(H,21,23)(H,24,25).